The molecular formula is C28H30F4O3. The van der Waals surface area contributed by atoms with Gasteiger partial charge in [-0.2, -0.15) is 4.39 Å². The zero-order valence-corrected chi connectivity index (χ0v) is 19.5. The van der Waals surface area contributed by atoms with Gasteiger partial charge in [-0.15, -0.1) is 0 Å². The standard InChI is InChI=1S/C28H30F4O3/c1-2-15-34-24-14-13-23(27(31)28(24)32)19-6-11-21(35-16-19)10-5-18-7-12-22(26(30)25(18)29)17-3-8-20(33)9-4-17/h2,5,7,10,12-14,17,19-21,33H,1,3-4,6,8-9,11,15-16H2/b10-5+. The molecule has 188 valence electrons. The topological polar surface area (TPSA) is 38.7 Å². The van der Waals surface area contributed by atoms with Crippen molar-refractivity contribution < 1.29 is 32.1 Å². The number of benzene rings is 2. The predicted octanol–water partition coefficient (Wildman–Crippen LogP) is 6.80. The molecule has 2 aliphatic rings. The van der Waals surface area contributed by atoms with Crippen molar-refractivity contribution in [2.75, 3.05) is 13.2 Å². The maximum absolute atomic E-state index is 14.7. The number of ether oxygens (including phenoxy) is 2. The van der Waals surface area contributed by atoms with Gasteiger partial charge in [0.1, 0.15) is 6.61 Å². The Morgan fingerprint density at radius 2 is 1.51 bits per heavy atom. The number of hydrogen-bond donors (Lipinski definition) is 1. The fourth-order valence-corrected chi connectivity index (χ4v) is 4.91. The molecular weight excluding hydrogens is 460 g/mol. The van der Waals surface area contributed by atoms with E-state index in [1.807, 2.05) is 0 Å². The lowest BCUT2D eigenvalue weighted by Gasteiger charge is -2.28. The SMILES string of the molecule is C=CCOc1ccc(C2CCC(/C=C/c3ccc(C4CCC(O)CC4)c(F)c3F)OC2)c(F)c1F. The molecule has 0 aromatic heterocycles. The first-order valence-electron chi connectivity index (χ1n) is 12.1. The van der Waals surface area contributed by atoms with Gasteiger partial charge in [0.15, 0.2) is 23.2 Å². The maximum atomic E-state index is 14.7. The minimum Gasteiger partial charge on any atom is -0.486 e. The Bertz CT molecular complexity index is 1070. The second-order valence-corrected chi connectivity index (χ2v) is 9.26. The second kappa shape index (κ2) is 11.4. The summed E-state index contributed by atoms with van der Waals surface area (Å²) in [6.07, 6.45) is 7.49. The van der Waals surface area contributed by atoms with Crippen molar-refractivity contribution in [3.05, 3.63) is 83.0 Å². The molecule has 1 saturated carbocycles. The smallest absolute Gasteiger partial charge is 0.200 e. The quantitative estimate of drug-likeness (QED) is 0.343. The molecule has 2 atom stereocenters. The average Bonchev–Trinajstić information content (AvgIpc) is 2.87. The molecule has 2 aromatic rings. The molecule has 4 rings (SSSR count). The van der Waals surface area contributed by atoms with Gasteiger partial charge in [-0.1, -0.05) is 43.0 Å². The molecule has 1 aliphatic carbocycles. The summed E-state index contributed by atoms with van der Waals surface area (Å²) in [4.78, 5) is 0. The van der Waals surface area contributed by atoms with Crippen molar-refractivity contribution in [2.24, 2.45) is 0 Å². The van der Waals surface area contributed by atoms with Crippen LogP contribution in [0.1, 0.15) is 67.1 Å². The molecule has 2 fully saturated rings. The largest absolute Gasteiger partial charge is 0.486 e. The van der Waals surface area contributed by atoms with Gasteiger partial charge in [-0.05, 0) is 61.6 Å². The zero-order valence-electron chi connectivity index (χ0n) is 19.5. The van der Waals surface area contributed by atoms with E-state index < -0.39 is 23.3 Å². The highest BCUT2D eigenvalue weighted by Crippen LogP contribution is 2.36. The number of rotatable bonds is 7. The lowest BCUT2D eigenvalue weighted by Crippen LogP contribution is -2.24. The number of hydrogen-bond acceptors (Lipinski definition) is 3. The van der Waals surface area contributed by atoms with Gasteiger partial charge >= 0.3 is 0 Å². The Morgan fingerprint density at radius 1 is 0.857 bits per heavy atom. The molecule has 0 bridgehead atoms. The normalized spacial score (nSPS) is 25.1. The minimum absolute atomic E-state index is 0.0776. The van der Waals surface area contributed by atoms with Crippen molar-refractivity contribution in [1.29, 1.82) is 0 Å². The fraction of sp³-hybridized carbons (Fsp3) is 0.429. The molecule has 0 spiro atoms. The number of aliphatic hydroxyl groups excluding tert-OH is 1. The van der Waals surface area contributed by atoms with Crippen LogP contribution >= 0.6 is 0 Å². The summed E-state index contributed by atoms with van der Waals surface area (Å²) in [5.41, 5.74) is 0.726. The van der Waals surface area contributed by atoms with Gasteiger partial charge in [0, 0.05) is 11.5 Å². The fourth-order valence-electron chi connectivity index (χ4n) is 4.91. The molecule has 1 heterocycles. The van der Waals surface area contributed by atoms with E-state index in [0.717, 1.165) is 0 Å². The Balaban J connectivity index is 1.37. The summed E-state index contributed by atoms with van der Waals surface area (Å²) in [5, 5.41) is 9.65. The van der Waals surface area contributed by atoms with Crippen molar-refractivity contribution in [3.63, 3.8) is 0 Å². The van der Waals surface area contributed by atoms with Crippen LogP contribution in [0.15, 0.2) is 43.0 Å². The van der Waals surface area contributed by atoms with Crippen molar-refractivity contribution in [3.8, 4) is 5.75 Å². The van der Waals surface area contributed by atoms with Crippen LogP contribution in [0, 0.1) is 23.3 Å². The van der Waals surface area contributed by atoms with E-state index in [4.69, 9.17) is 9.47 Å². The molecule has 3 nitrogen and oxygen atoms in total. The van der Waals surface area contributed by atoms with Crippen LogP contribution < -0.4 is 4.74 Å². The summed E-state index contributed by atoms with van der Waals surface area (Å²) in [6.45, 7) is 3.74. The lowest BCUT2D eigenvalue weighted by molar-refractivity contribution is 0.0322. The van der Waals surface area contributed by atoms with E-state index in [2.05, 4.69) is 6.58 Å². The summed E-state index contributed by atoms with van der Waals surface area (Å²) in [6, 6.07) is 6.10. The van der Waals surface area contributed by atoms with Crippen LogP contribution in [0.5, 0.6) is 5.75 Å². The molecule has 0 amide bonds. The Morgan fingerprint density at radius 3 is 2.20 bits per heavy atom. The molecule has 1 aliphatic heterocycles. The van der Waals surface area contributed by atoms with Gasteiger partial charge < -0.3 is 14.6 Å². The van der Waals surface area contributed by atoms with Crippen LogP contribution in [0.2, 0.25) is 0 Å². The van der Waals surface area contributed by atoms with E-state index in [-0.39, 0.29) is 54.1 Å². The number of halogens is 4. The van der Waals surface area contributed by atoms with Gasteiger partial charge in [0.2, 0.25) is 5.82 Å². The Hall–Kier alpha value is -2.64. The molecule has 35 heavy (non-hydrogen) atoms. The van der Waals surface area contributed by atoms with Gasteiger partial charge in [0.05, 0.1) is 18.8 Å². The third-order valence-electron chi connectivity index (χ3n) is 6.95. The third-order valence-corrected chi connectivity index (χ3v) is 6.95. The average molecular weight is 491 g/mol. The van der Waals surface area contributed by atoms with E-state index in [1.54, 1.807) is 18.2 Å². The molecule has 2 aromatic carbocycles. The van der Waals surface area contributed by atoms with Crippen LogP contribution in [-0.4, -0.2) is 30.5 Å². The van der Waals surface area contributed by atoms with E-state index in [0.29, 0.717) is 44.1 Å². The Kier molecular flexibility index (Phi) is 8.29. The first-order valence-corrected chi connectivity index (χ1v) is 12.1. The first-order chi connectivity index (χ1) is 16.9. The van der Waals surface area contributed by atoms with E-state index in [1.165, 1.54) is 24.3 Å². The predicted molar refractivity (Wildman–Crippen MR) is 126 cm³/mol. The van der Waals surface area contributed by atoms with Crippen LogP contribution in [0.4, 0.5) is 17.6 Å². The van der Waals surface area contributed by atoms with Gasteiger partial charge in [-0.25, -0.2) is 13.2 Å². The van der Waals surface area contributed by atoms with Crippen LogP contribution in [0.25, 0.3) is 6.08 Å². The van der Waals surface area contributed by atoms with E-state index in [9.17, 15) is 22.7 Å². The van der Waals surface area contributed by atoms with Gasteiger partial charge in [-0.3, -0.25) is 0 Å². The highest BCUT2D eigenvalue weighted by atomic mass is 19.2. The number of aliphatic hydroxyl groups is 1. The summed E-state index contributed by atoms with van der Waals surface area (Å²) in [5.74, 6) is -4.27. The lowest BCUT2D eigenvalue weighted by atomic mass is 9.82. The highest BCUT2D eigenvalue weighted by Gasteiger charge is 2.27. The third kappa shape index (κ3) is 5.78. The molecule has 7 heteroatoms. The highest BCUT2D eigenvalue weighted by molar-refractivity contribution is 5.52. The van der Waals surface area contributed by atoms with Crippen molar-refractivity contribution in [1.82, 2.24) is 0 Å². The van der Waals surface area contributed by atoms with Gasteiger partial charge in [0.25, 0.3) is 0 Å². The maximum Gasteiger partial charge on any atom is 0.200 e. The zero-order chi connectivity index (χ0) is 24.9. The minimum atomic E-state index is -1.03. The Labute approximate surface area is 203 Å². The monoisotopic (exact) mass is 490 g/mol. The molecule has 2 unspecified atom stereocenters. The van der Waals surface area contributed by atoms with E-state index >= 15 is 0 Å². The summed E-state index contributed by atoms with van der Waals surface area (Å²) in [7, 11) is 0. The van der Waals surface area contributed by atoms with Crippen molar-refractivity contribution >= 4 is 6.08 Å². The summed E-state index contributed by atoms with van der Waals surface area (Å²) >= 11 is 0. The van der Waals surface area contributed by atoms with Crippen molar-refractivity contribution in [2.45, 2.75) is 62.6 Å². The van der Waals surface area contributed by atoms with Crippen LogP contribution in [-0.2, 0) is 4.74 Å². The van der Waals surface area contributed by atoms with Crippen LogP contribution in [0.3, 0.4) is 0 Å². The molecule has 1 N–H and O–H groups in total. The first kappa shape index (κ1) is 25.5. The second-order valence-electron chi connectivity index (χ2n) is 9.26. The summed E-state index contributed by atoms with van der Waals surface area (Å²) < 4.78 is 69.2. The molecule has 0 radical (unpaired) electrons. The molecule has 1 saturated heterocycles.